The molecule has 0 saturated carbocycles. The van der Waals surface area contributed by atoms with E-state index in [4.69, 9.17) is 17.0 Å². The predicted molar refractivity (Wildman–Crippen MR) is 81.9 cm³/mol. The quantitative estimate of drug-likeness (QED) is 0.766. The molecule has 0 bridgehead atoms. The highest BCUT2D eigenvalue weighted by Gasteiger charge is 2.16. The molecule has 0 unspecified atom stereocenters. The summed E-state index contributed by atoms with van der Waals surface area (Å²) in [5.41, 5.74) is 2.22. The fraction of sp³-hybridized carbons (Fsp3) is 0.133. The van der Waals surface area contributed by atoms with Crippen LogP contribution in [0.2, 0.25) is 0 Å². The van der Waals surface area contributed by atoms with Crippen LogP contribution in [-0.2, 0) is 4.74 Å². The molecule has 2 rings (SSSR count). The zero-order valence-corrected chi connectivity index (χ0v) is 11.7. The minimum absolute atomic E-state index is 0.132. The molecule has 0 aliphatic rings. The molecule has 3 heteroatoms. The van der Waals surface area contributed by atoms with Crippen molar-refractivity contribution in [1.29, 1.82) is 0 Å². The Balaban J connectivity index is 2.32. The SMILES string of the molecule is CSC(=S)OC(c1ccccc1)c1ccccc1. The first-order chi connectivity index (χ1) is 8.81. The van der Waals surface area contributed by atoms with E-state index in [-0.39, 0.29) is 6.10 Å². The topological polar surface area (TPSA) is 9.23 Å². The zero-order valence-electron chi connectivity index (χ0n) is 10.1. The summed E-state index contributed by atoms with van der Waals surface area (Å²) in [6.45, 7) is 0. The molecule has 0 atom stereocenters. The van der Waals surface area contributed by atoms with Gasteiger partial charge >= 0.3 is 0 Å². The monoisotopic (exact) mass is 274 g/mol. The number of thioether (sulfide) groups is 1. The Morgan fingerprint density at radius 3 is 1.78 bits per heavy atom. The average Bonchev–Trinajstić information content (AvgIpc) is 2.46. The van der Waals surface area contributed by atoms with E-state index in [1.54, 1.807) is 0 Å². The van der Waals surface area contributed by atoms with Crippen molar-refractivity contribution < 1.29 is 4.74 Å². The highest BCUT2D eigenvalue weighted by Crippen LogP contribution is 2.27. The predicted octanol–water partition coefficient (Wildman–Crippen LogP) is 4.44. The van der Waals surface area contributed by atoms with Crippen molar-refractivity contribution in [3.63, 3.8) is 0 Å². The third kappa shape index (κ3) is 3.34. The standard InChI is InChI=1S/C15H14OS2/c1-18-15(17)16-14(12-8-4-2-5-9-12)13-10-6-3-7-11-13/h2-11,14H,1H3. The van der Waals surface area contributed by atoms with Crippen LogP contribution in [0.15, 0.2) is 60.7 Å². The summed E-state index contributed by atoms with van der Waals surface area (Å²) in [7, 11) is 0. The Morgan fingerprint density at radius 2 is 1.39 bits per heavy atom. The van der Waals surface area contributed by atoms with Crippen molar-refractivity contribution in [1.82, 2.24) is 0 Å². The molecule has 0 heterocycles. The summed E-state index contributed by atoms with van der Waals surface area (Å²) in [6.07, 6.45) is 1.79. The maximum atomic E-state index is 5.87. The minimum atomic E-state index is -0.132. The van der Waals surface area contributed by atoms with Gasteiger partial charge in [0, 0.05) is 0 Å². The van der Waals surface area contributed by atoms with Crippen molar-refractivity contribution in [2.75, 3.05) is 6.26 Å². The Kier molecular flexibility index (Phi) is 4.79. The van der Waals surface area contributed by atoms with Gasteiger partial charge in [0.15, 0.2) is 6.10 Å². The van der Waals surface area contributed by atoms with E-state index < -0.39 is 0 Å². The van der Waals surface area contributed by atoms with Crippen molar-refractivity contribution in [2.45, 2.75) is 6.10 Å². The molecule has 0 aliphatic carbocycles. The first-order valence-corrected chi connectivity index (χ1v) is 7.29. The lowest BCUT2D eigenvalue weighted by Gasteiger charge is -2.19. The van der Waals surface area contributed by atoms with Crippen molar-refractivity contribution in [3.8, 4) is 0 Å². The van der Waals surface area contributed by atoms with Crippen LogP contribution in [-0.4, -0.2) is 10.6 Å². The van der Waals surface area contributed by atoms with Crippen LogP contribution in [0, 0.1) is 0 Å². The van der Waals surface area contributed by atoms with Crippen LogP contribution < -0.4 is 0 Å². The molecule has 1 nitrogen and oxygen atoms in total. The molecule has 0 aliphatic heterocycles. The number of thiocarbonyl (C=S) groups is 1. The summed E-state index contributed by atoms with van der Waals surface area (Å²) in [6, 6.07) is 20.3. The Hall–Kier alpha value is -1.32. The van der Waals surface area contributed by atoms with E-state index in [1.165, 1.54) is 11.8 Å². The number of rotatable bonds is 3. The lowest BCUT2D eigenvalue weighted by atomic mass is 10.0. The van der Waals surface area contributed by atoms with E-state index >= 15 is 0 Å². The largest absolute Gasteiger partial charge is 0.465 e. The Morgan fingerprint density at radius 1 is 0.944 bits per heavy atom. The first-order valence-electron chi connectivity index (χ1n) is 5.66. The highest BCUT2D eigenvalue weighted by atomic mass is 32.2. The van der Waals surface area contributed by atoms with Gasteiger partial charge in [-0.05, 0) is 29.6 Å². The molecule has 0 N–H and O–H groups in total. The van der Waals surface area contributed by atoms with Gasteiger partial charge in [-0.2, -0.15) is 0 Å². The summed E-state index contributed by atoms with van der Waals surface area (Å²) in [5.74, 6) is 0. The van der Waals surface area contributed by atoms with Gasteiger partial charge < -0.3 is 4.74 Å². The van der Waals surface area contributed by atoms with E-state index in [0.717, 1.165) is 11.1 Å². The van der Waals surface area contributed by atoms with E-state index in [0.29, 0.717) is 4.38 Å². The smallest absolute Gasteiger partial charge is 0.220 e. The van der Waals surface area contributed by atoms with Gasteiger partial charge in [0.1, 0.15) is 0 Å². The summed E-state index contributed by atoms with van der Waals surface area (Å²) in [5, 5.41) is 0. The number of benzene rings is 2. The second kappa shape index (κ2) is 6.57. The van der Waals surface area contributed by atoms with Gasteiger partial charge in [-0.25, -0.2) is 0 Å². The van der Waals surface area contributed by atoms with Crippen molar-refractivity contribution in [3.05, 3.63) is 71.8 Å². The fourth-order valence-corrected chi connectivity index (χ4v) is 2.02. The van der Waals surface area contributed by atoms with Gasteiger partial charge in [-0.3, -0.25) is 0 Å². The molecule has 0 amide bonds. The third-order valence-corrected chi connectivity index (χ3v) is 3.61. The molecule has 2 aromatic carbocycles. The minimum Gasteiger partial charge on any atom is -0.465 e. The fourth-order valence-electron chi connectivity index (χ4n) is 1.73. The van der Waals surface area contributed by atoms with Gasteiger partial charge in [0.05, 0.1) is 0 Å². The lowest BCUT2D eigenvalue weighted by Crippen LogP contribution is -2.08. The Labute approximate surface area is 117 Å². The van der Waals surface area contributed by atoms with Gasteiger partial charge in [0.25, 0.3) is 0 Å². The molecular formula is C15H14OS2. The molecule has 0 saturated heterocycles. The molecule has 18 heavy (non-hydrogen) atoms. The van der Waals surface area contributed by atoms with Crippen LogP contribution >= 0.6 is 24.0 Å². The van der Waals surface area contributed by atoms with Gasteiger partial charge in [-0.15, -0.1) is 0 Å². The van der Waals surface area contributed by atoms with Crippen LogP contribution in [0.5, 0.6) is 0 Å². The average molecular weight is 274 g/mol. The van der Waals surface area contributed by atoms with Crippen LogP contribution in [0.1, 0.15) is 17.2 Å². The molecule has 0 aromatic heterocycles. The maximum Gasteiger partial charge on any atom is 0.220 e. The van der Waals surface area contributed by atoms with Crippen molar-refractivity contribution >= 4 is 28.4 Å². The van der Waals surface area contributed by atoms with Gasteiger partial charge in [-0.1, -0.05) is 72.4 Å². The number of hydrogen-bond donors (Lipinski definition) is 0. The second-order valence-electron chi connectivity index (χ2n) is 3.77. The molecule has 0 radical (unpaired) electrons. The maximum absolute atomic E-state index is 5.87. The highest BCUT2D eigenvalue weighted by molar-refractivity contribution is 8.22. The van der Waals surface area contributed by atoms with Crippen LogP contribution in [0.3, 0.4) is 0 Å². The molecule has 0 spiro atoms. The molecule has 92 valence electrons. The van der Waals surface area contributed by atoms with Crippen molar-refractivity contribution in [2.24, 2.45) is 0 Å². The third-order valence-electron chi connectivity index (χ3n) is 2.59. The Bertz CT molecular complexity index is 457. The zero-order chi connectivity index (χ0) is 12.8. The van der Waals surface area contributed by atoms with E-state index in [1.807, 2.05) is 42.7 Å². The summed E-state index contributed by atoms with van der Waals surface area (Å²) < 4.78 is 6.43. The summed E-state index contributed by atoms with van der Waals surface area (Å²) in [4.78, 5) is 0. The molecular weight excluding hydrogens is 260 g/mol. The van der Waals surface area contributed by atoms with E-state index in [2.05, 4.69) is 24.3 Å². The van der Waals surface area contributed by atoms with Gasteiger partial charge in [0.2, 0.25) is 4.38 Å². The normalized spacial score (nSPS) is 10.3. The molecule has 2 aromatic rings. The first kappa shape index (κ1) is 13.1. The molecule has 0 fully saturated rings. The van der Waals surface area contributed by atoms with Crippen LogP contribution in [0.4, 0.5) is 0 Å². The number of hydrogen-bond acceptors (Lipinski definition) is 3. The summed E-state index contributed by atoms with van der Waals surface area (Å²) >= 11 is 6.62. The number of ether oxygens (including phenoxy) is 1. The lowest BCUT2D eigenvalue weighted by molar-refractivity contribution is 0.248. The second-order valence-corrected chi connectivity index (χ2v) is 5.18. The van der Waals surface area contributed by atoms with Crippen LogP contribution in [0.25, 0.3) is 0 Å². The van der Waals surface area contributed by atoms with E-state index in [9.17, 15) is 0 Å².